The second kappa shape index (κ2) is 5.39. The minimum absolute atomic E-state index is 0.245. The summed E-state index contributed by atoms with van der Waals surface area (Å²) in [4.78, 5) is 1.08. The van der Waals surface area contributed by atoms with Gasteiger partial charge in [-0.1, -0.05) is 24.3 Å². The van der Waals surface area contributed by atoms with E-state index in [1.54, 1.807) is 11.3 Å². The van der Waals surface area contributed by atoms with Gasteiger partial charge in [-0.15, -0.1) is 11.3 Å². The third kappa shape index (κ3) is 2.51. The summed E-state index contributed by atoms with van der Waals surface area (Å²) < 4.78 is 1.13. The predicted octanol–water partition coefficient (Wildman–Crippen LogP) is 4.97. The van der Waals surface area contributed by atoms with E-state index in [4.69, 9.17) is 0 Å². The number of fused-ring (bicyclic) bond motifs is 1. The number of benzene rings is 1. The lowest BCUT2D eigenvalue weighted by Gasteiger charge is -2.29. The SMILES string of the molecule is Cc1cc(C(O)C2CCCc3ccccc32)sc1Br. The quantitative estimate of drug-likeness (QED) is 0.820. The van der Waals surface area contributed by atoms with Crippen LogP contribution in [0.1, 0.15) is 46.4 Å². The van der Waals surface area contributed by atoms with Crippen LogP contribution in [0, 0.1) is 6.92 Å². The largest absolute Gasteiger partial charge is 0.387 e. The van der Waals surface area contributed by atoms with Crippen molar-refractivity contribution in [2.75, 3.05) is 0 Å². The summed E-state index contributed by atoms with van der Waals surface area (Å²) in [6, 6.07) is 10.7. The van der Waals surface area contributed by atoms with Gasteiger partial charge in [0, 0.05) is 10.8 Å². The number of hydrogen-bond acceptors (Lipinski definition) is 2. The molecule has 0 aliphatic heterocycles. The lowest BCUT2D eigenvalue weighted by Crippen LogP contribution is -2.16. The predicted molar refractivity (Wildman–Crippen MR) is 83.8 cm³/mol. The van der Waals surface area contributed by atoms with E-state index < -0.39 is 0 Å². The standard InChI is InChI=1S/C16H17BrOS/c1-10-9-14(19-16(10)17)15(18)13-8-4-6-11-5-2-3-7-12(11)13/h2-3,5,7,9,13,15,18H,4,6,8H2,1H3. The van der Waals surface area contributed by atoms with Gasteiger partial charge in [0.2, 0.25) is 0 Å². The molecule has 1 nitrogen and oxygen atoms in total. The van der Waals surface area contributed by atoms with E-state index in [0.717, 1.165) is 21.5 Å². The van der Waals surface area contributed by atoms with Gasteiger partial charge in [0.25, 0.3) is 0 Å². The summed E-state index contributed by atoms with van der Waals surface area (Å²) in [5.41, 5.74) is 3.96. The highest BCUT2D eigenvalue weighted by molar-refractivity contribution is 9.11. The van der Waals surface area contributed by atoms with Crippen LogP contribution in [0.5, 0.6) is 0 Å². The van der Waals surface area contributed by atoms with Crippen molar-refractivity contribution in [2.45, 2.75) is 38.2 Å². The summed E-state index contributed by atoms with van der Waals surface area (Å²) in [6.45, 7) is 2.08. The Labute approximate surface area is 126 Å². The molecule has 2 aromatic rings. The maximum absolute atomic E-state index is 10.7. The van der Waals surface area contributed by atoms with Crippen LogP contribution >= 0.6 is 27.3 Å². The molecule has 0 fully saturated rings. The van der Waals surface area contributed by atoms with Crippen LogP contribution in [0.25, 0.3) is 0 Å². The average Bonchev–Trinajstić information content (AvgIpc) is 2.77. The van der Waals surface area contributed by atoms with Crippen LogP contribution in [-0.4, -0.2) is 5.11 Å². The molecule has 0 radical (unpaired) electrons. The van der Waals surface area contributed by atoms with E-state index in [2.05, 4.69) is 53.2 Å². The molecule has 0 saturated heterocycles. The molecule has 0 bridgehead atoms. The van der Waals surface area contributed by atoms with E-state index in [1.807, 2.05) is 0 Å². The Morgan fingerprint density at radius 1 is 1.37 bits per heavy atom. The number of aryl methyl sites for hydroxylation is 2. The fourth-order valence-electron chi connectivity index (χ4n) is 2.95. The maximum Gasteiger partial charge on any atom is 0.0950 e. The molecule has 0 spiro atoms. The van der Waals surface area contributed by atoms with Gasteiger partial charge < -0.3 is 5.11 Å². The lowest BCUT2D eigenvalue weighted by molar-refractivity contribution is 0.139. The van der Waals surface area contributed by atoms with Crippen molar-refractivity contribution in [3.63, 3.8) is 0 Å². The highest BCUT2D eigenvalue weighted by Crippen LogP contribution is 2.43. The molecule has 3 heteroatoms. The molecule has 19 heavy (non-hydrogen) atoms. The molecular formula is C16H17BrOS. The first-order valence-electron chi connectivity index (χ1n) is 6.68. The van der Waals surface area contributed by atoms with Crippen molar-refractivity contribution in [1.82, 2.24) is 0 Å². The second-order valence-corrected chi connectivity index (χ2v) is 7.65. The summed E-state index contributed by atoms with van der Waals surface area (Å²) in [5, 5.41) is 10.7. The molecule has 3 rings (SSSR count). The van der Waals surface area contributed by atoms with Gasteiger partial charge in [-0.25, -0.2) is 0 Å². The molecule has 0 amide bonds. The van der Waals surface area contributed by atoms with Crippen molar-refractivity contribution in [1.29, 1.82) is 0 Å². The topological polar surface area (TPSA) is 20.2 Å². The van der Waals surface area contributed by atoms with Gasteiger partial charge >= 0.3 is 0 Å². The summed E-state index contributed by atoms with van der Waals surface area (Å²) in [7, 11) is 0. The normalized spacial score (nSPS) is 20.1. The number of thiophene rings is 1. The molecule has 1 aliphatic carbocycles. The highest BCUT2D eigenvalue weighted by Gasteiger charge is 2.28. The molecule has 1 aromatic heterocycles. The number of halogens is 1. The van der Waals surface area contributed by atoms with Gasteiger partial charge in [-0.3, -0.25) is 0 Å². The Morgan fingerprint density at radius 2 is 2.16 bits per heavy atom. The number of rotatable bonds is 2. The molecule has 1 N–H and O–H groups in total. The number of aliphatic hydroxyl groups is 1. The smallest absolute Gasteiger partial charge is 0.0950 e. The molecule has 0 saturated carbocycles. The number of hydrogen-bond donors (Lipinski definition) is 1. The maximum atomic E-state index is 10.7. The zero-order valence-corrected chi connectivity index (χ0v) is 13.3. The monoisotopic (exact) mass is 336 g/mol. The van der Waals surface area contributed by atoms with E-state index in [0.29, 0.717) is 0 Å². The van der Waals surface area contributed by atoms with Crippen molar-refractivity contribution in [2.24, 2.45) is 0 Å². The van der Waals surface area contributed by atoms with Crippen LogP contribution in [0.15, 0.2) is 34.1 Å². The van der Waals surface area contributed by atoms with E-state index in [1.165, 1.54) is 23.1 Å². The summed E-state index contributed by atoms with van der Waals surface area (Å²) in [6.07, 6.45) is 3.01. The minimum Gasteiger partial charge on any atom is -0.387 e. The van der Waals surface area contributed by atoms with Crippen LogP contribution < -0.4 is 0 Å². The average molecular weight is 337 g/mol. The Balaban J connectivity index is 1.95. The molecule has 2 unspecified atom stereocenters. The lowest BCUT2D eigenvalue weighted by atomic mass is 9.79. The number of aliphatic hydroxyl groups excluding tert-OH is 1. The van der Waals surface area contributed by atoms with Gasteiger partial charge in [0.15, 0.2) is 0 Å². The van der Waals surface area contributed by atoms with Gasteiger partial charge in [-0.05, 0) is 64.9 Å². The van der Waals surface area contributed by atoms with Crippen molar-refractivity contribution >= 4 is 27.3 Å². The summed E-state index contributed by atoms with van der Waals surface area (Å²) >= 11 is 5.20. The third-order valence-electron chi connectivity index (χ3n) is 3.96. The van der Waals surface area contributed by atoms with Gasteiger partial charge in [0.05, 0.1) is 9.89 Å². The zero-order chi connectivity index (χ0) is 13.4. The molecule has 1 aliphatic rings. The first kappa shape index (κ1) is 13.3. The van der Waals surface area contributed by atoms with E-state index in [-0.39, 0.29) is 12.0 Å². The summed E-state index contributed by atoms with van der Waals surface area (Å²) in [5.74, 6) is 0.245. The first-order chi connectivity index (χ1) is 9.16. The van der Waals surface area contributed by atoms with Crippen LogP contribution in [0.4, 0.5) is 0 Å². The minimum atomic E-state index is -0.378. The third-order valence-corrected chi connectivity index (χ3v) is 6.17. The van der Waals surface area contributed by atoms with Gasteiger partial charge in [0.1, 0.15) is 0 Å². The Hall–Kier alpha value is -0.640. The first-order valence-corrected chi connectivity index (χ1v) is 8.29. The van der Waals surface area contributed by atoms with Crippen LogP contribution in [0.2, 0.25) is 0 Å². The molecule has 1 aromatic carbocycles. The highest BCUT2D eigenvalue weighted by atomic mass is 79.9. The van der Waals surface area contributed by atoms with Crippen LogP contribution in [0.3, 0.4) is 0 Å². The second-order valence-electron chi connectivity index (χ2n) is 5.25. The fourth-order valence-corrected chi connectivity index (χ4v) is 4.57. The molecule has 100 valence electrons. The molecular weight excluding hydrogens is 320 g/mol. The van der Waals surface area contributed by atoms with E-state index in [9.17, 15) is 5.11 Å². The fraction of sp³-hybridized carbons (Fsp3) is 0.375. The Morgan fingerprint density at radius 3 is 2.89 bits per heavy atom. The molecule has 2 atom stereocenters. The Kier molecular flexibility index (Phi) is 3.79. The Bertz CT molecular complexity index is 571. The van der Waals surface area contributed by atoms with Crippen molar-refractivity contribution < 1.29 is 5.11 Å². The van der Waals surface area contributed by atoms with E-state index >= 15 is 0 Å². The van der Waals surface area contributed by atoms with Crippen LogP contribution in [-0.2, 0) is 6.42 Å². The van der Waals surface area contributed by atoms with Gasteiger partial charge in [-0.2, -0.15) is 0 Å². The zero-order valence-electron chi connectivity index (χ0n) is 10.9. The van der Waals surface area contributed by atoms with Crippen molar-refractivity contribution in [3.05, 3.63) is 55.7 Å². The van der Waals surface area contributed by atoms with Crippen molar-refractivity contribution in [3.8, 4) is 0 Å². The molecule has 1 heterocycles.